The van der Waals surface area contributed by atoms with Gasteiger partial charge in [-0.3, -0.25) is 10.0 Å². The monoisotopic (exact) mass is 271 g/mol. The summed E-state index contributed by atoms with van der Waals surface area (Å²) in [5.41, 5.74) is 1.43. The van der Waals surface area contributed by atoms with Crippen molar-refractivity contribution in [1.29, 1.82) is 0 Å². The van der Waals surface area contributed by atoms with Crippen LogP contribution in [-0.2, 0) is 9.63 Å². The van der Waals surface area contributed by atoms with Crippen LogP contribution in [0.25, 0.3) is 0 Å². The first-order chi connectivity index (χ1) is 9.46. The van der Waals surface area contributed by atoms with E-state index >= 15 is 0 Å². The van der Waals surface area contributed by atoms with E-state index in [-0.39, 0.29) is 17.1 Å². The molecule has 1 atom stereocenters. The van der Waals surface area contributed by atoms with Gasteiger partial charge in [0.1, 0.15) is 0 Å². The molecule has 0 fully saturated rings. The lowest BCUT2D eigenvalue weighted by Crippen LogP contribution is -2.34. The SMILES string of the molecule is CC1(C)CC(=O)C2=C(C1)O[N+]([O-])=C[C@H]2c1ccccc1. The number of nitrogens with zero attached hydrogens (tertiary/aromatic N) is 1. The summed E-state index contributed by atoms with van der Waals surface area (Å²) in [6.45, 7) is 4.03. The van der Waals surface area contributed by atoms with Gasteiger partial charge in [-0.2, -0.15) is 0 Å². The molecule has 0 saturated heterocycles. The summed E-state index contributed by atoms with van der Waals surface area (Å²) in [7, 11) is 0. The van der Waals surface area contributed by atoms with E-state index in [1.54, 1.807) is 0 Å². The number of carbonyl (C=O) groups excluding carboxylic acids is 1. The standard InChI is InChI=1S/C16H17NO3/c1-16(2)8-13(18)15-12(11-6-4-3-5-7-11)10-17(19)20-14(15)9-16/h3-7,10,12H,8-9H2,1-2H3/t12-/m0/s1. The van der Waals surface area contributed by atoms with Gasteiger partial charge in [0, 0.05) is 16.9 Å². The normalized spacial score (nSPS) is 24.8. The van der Waals surface area contributed by atoms with Crippen LogP contribution in [0.3, 0.4) is 0 Å². The molecule has 1 aliphatic carbocycles. The predicted octanol–water partition coefficient (Wildman–Crippen LogP) is 2.94. The molecule has 1 aromatic rings. The second kappa shape index (κ2) is 4.47. The van der Waals surface area contributed by atoms with E-state index in [2.05, 4.69) is 0 Å². The highest BCUT2D eigenvalue weighted by atomic mass is 16.9. The van der Waals surface area contributed by atoms with Gasteiger partial charge >= 0.3 is 0 Å². The molecular formula is C16H17NO3. The Balaban J connectivity index is 2.08. The van der Waals surface area contributed by atoms with Crippen LogP contribution in [0.5, 0.6) is 0 Å². The van der Waals surface area contributed by atoms with Gasteiger partial charge in [0.25, 0.3) is 0 Å². The second-order valence-corrected chi connectivity index (χ2v) is 6.19. The Morgan fingerprint density at radius 2 is 1.95 bits per heavy atom. The molecule has 104 valence electrons. The number of allylic oxidation sites excluding steroid dienone is 2. The zero-order chi connectivity index (χ0) is 14.3. The summed E-state index contributed by atoms with van der Waals surface area (Å²) < 4.78 is 0. The minimum Gasteiger partial charge on any atom is -0.372 e. The summed E-state index contributed by atoms with van der Waals surface area (Å²) in [4.78, 5) is 18.2. The second-order valence-electron chi connectivity index (χ2n) is 6.19. The maximum atomic E-state index is 12.5. The zero-order valence-corrected chi connectivity index (χ0v) is 11.6. The van der Waals surface area contributed by atoms with Crippen LogP contribution in [-0.4, -0.2) is 16.9 Å². The number of Topliss-reactive ketones (excluding diaryl/α,β-unsaturated/α-hetero) is 1. The largest absolute Gasteiger partial charge is 0.372 e. The summed E-state index contributed by atoms with van der Waals surface area (Å²) in [6, 6.07) is 9.59. The van der Waals surface area contributed by atoms with Gasteiger partial charge in [-0.15, -0.1) is 0 Å². The van der Waals surface area contributed by atoms with E-state index in [4.69, 9.17) is 4.84 Å². The van der Waals surface area contributed by atoms with Crippen LogP contribution >= 0.6 is 0 Å². The minimum absolute atomic E-state index is 0.0782. The third-order valence-electron chi connectivity index (χ3n) is 3.82. The molecule has 0 N–H and O–H groups in total. The molecule has 0 unspecified atom stereocenters. The Kier molecular flexibility index (Phi) is 2.89. The van der Waals surface area contributed by atoms with Crippen LogP contribution in [0.15, 0.2) is 41.7 Å². The van der Waals surface area contributed by atoms with Crippen molar-refractivity contribution < 1.29 is 14.5 Å². The molecule has 0 amide bonds. The molecule has 1 aliphatic heterocycles. The fourth-order valence-electron chi connectivity index (χ4n) is 2.95. The van der Waals surface area contributed by atoms with Gasteiger partial charge in [-0.25, -0.2) is 0 Å². The van der Waals surface area contributed by atoms with Gasteiger partial charge in [-0.05, 0) is 17.4 Å². The molecule has 1 aromatic carbocycles. The van der Waals surface area contributed by atoms with E-state index in [1.807, 2.05) is 44.2 Å². The molecule has 4 nitrogen and oxygen atoms in total. The highest BCUT2D eigenvalue weighted by Gasteiger charge is 2.39. The van der Waals surface area contributed by atoms with Gasteiger partial charge in [-0.1, -0.05) is 44.2 Å². The first kappa shape index (κ1) is 12.9. The Bertz CT molecular complexity index is 614. The van der Waals surface area contributed by atoms with Crippen LogP contribution in [0, 0.1) is 10.6 Å². The van der Waals surface area contributed by atoms with Crippen molar-refractivity contribution in [2.24, 2.45) is 5.41 Å². The van der Waals surface area contributed by atoms with Crippen molar-refractivity contribution in [3.63, 3.8) is 0 Å². The summed E-state index contributed by atoms with van der Waals surface area (Å²) >= 11 is 0. The van der Waals surface area contributed by atoms with Crippen molar-refractivity contribution in [3.8, 4) is 0 Å². The lowest BCUT2D eigenvalue weighted by molar-refractivity contribution is -0.727. The molecule has 0 spiro atoms. The van der Waals surface area contributed by atoms with Gasteiger partial charge in [0.15, 0.2) is 5.78 Å². The molecule has 0 aromatic heterocycles. The van der Waals surface area contributed by atoms with Crippen LogP contribution in [0.4, 0.5) is 0 Å². The summed E-state index contributed by atoms with van der Waals surface area (Å²) in [5, 5.41) is 11.7. The van der Waals surface area contributed by atoms with Gasteiger partial charge < -0.3 is 4.84 Å². The Morgan fingerprint density at radius 3 is 2.65 bits per heavy atom. The lowest BCUT2D eigenvalue weighted by Gasteiger charge is -2.36. The molecule has 20 heavy (non-hydrogen) atoms. The van der Waals surface area contributed by atoms with Crippen molar-refractivity contribution in [2.75, 3.05) is 0 Å². The van der Waals surface area contributed by atoms with Gasteiger partial charge in [0.05, 0.1) is 11.7 Å². The molecule has 0 saturated carbocycles. The number of carbonyl (C=O) groups is 1. The van der Waals surface area contributed by atoms with E-state index < -0.39 is 0 Å². The number of hydrogen-bond acceptors (Lipinski definition) is 3. The molecular weight excluding hydrogens is 254 g/mol. The first-order valence-electron chi connectivity index (χ1n) is 6.77. The topological polar surface area (TPSA) is 52.4 Å². The molecule has 2 aliphatic rings. The quantitative estimate of drug-likeness (QED) is 0.738. The molecule has 1 heterocycles. The summed E-state index contributed by atoms with van der Waals surface area (Å²) in [6.07, 6.45) is 2.53. The highest BCUT2D eigenvalue weighted by Crippen LogP contribution is 2.42. The summed E-state index contributed by atoms with van der Waals surface area (Å²) in [5.74, 6) is 0.299. The average Bonchev–Trinajstić information content (AvgIpc) is 2.36. The van der Waals surface area contributed by atoms with Crippen LogP contribution in [0.2, 0.25) is 0 Å². The van der Waals surface area contributed by atoms with Crippen LogP contribution in [0.1, 0.15) is 38.2 Å². The molecule has 0 bridgehead atoms. The number of benzene rings is 1. The van der Waals surface area contributed by atoms with E-state index in [9.17, 15) is 10.0 Å². The smallest absolute Gasteiger partial charge is 0.222 e. The first-order valence-corrected chi connectivity index (χ1v) is 6.77. The minimum atomic E-state index is -0.305. The third-order valence-corrected chi connectivity index (χ3v) is 3.82. The van der Waals surface area contributed by atoms with Crippen molar-refractivity contribution in [2.45, 2.75) is 32.6 Å². The van der Waals surface area contributed by atoms with E-state index in [1.165, 1.54) is 6.21 Å². The fraction of sp³-hybridized carbons (Fsp3) is 0.375. The maximum absolute atomic E-state index is 12.5. The highest BCUT2D eigenvalue weighted by molar-refractivity contribution is 6.02. The van der Waals surface area contributed by atoms with E-state index in [0.717, 1.165) is 5.56 Å². The Labute approximate surface area is 117 Å². The van der Waals surface area contributed by atoms with Crippen molar-refractivity contribution in [3.05, 3.63) is 52.4 Å². The Morgan fingerprint density at radius 1 is 1.25 bits per heavy atom. The van der Waals surface area contributed by atoms with Crippen LogP contribution < -0.4 is 0 Å². The zero-order valence-electron chi connectivity index (χ0n) is 11.6. The maximum Gasteiger partial charge on any atom is 0.222 e. The fourth-order valence-corrected chi connectivity index (χ4v) is 2.95. The lowest BCUT2D eigenvalue weighted by atomic mass is 9.72. The number of ketones is 1. The number of hydrogen-bond donors (Lipinski definition) is 0. The molecule has 3 rings (SSSR count). The van der Waals surface area contributed by atoms with Gasteiger partial charge in [0.2, 0.25) is 6.21 Å². The average molecular weight is 271 g/mol. The molecule has 4 heteroatoms. The predicted molar refractivity (Wildman–Crippen MR) is 75.0 cm³/mol. The Hall–Kier alpha value is -2.10. The molecule has 0 radical (unpaired) electrons. The van der Waals surface area contributed by atoms with Crippen molar-refractivity contribution >= 4 is 12.0 Å². The van der Waals surface area contributed by atoms with E-state index in [0.29, 0.717) is 29.1 Å². The number of rotatable bonds is 1. The third kappa shape index (κ3) is 2.22. The van der Waals surface area contributed by atoms with Crippen molar-refractivity contribution in [1.82, 2.24) is 0 Å².